The standard InChI is InChI=1S/C11H8ClN3O4/c1-18-10-13-9(12)14-11(15-10)19-7-4-2-3-6(5-7)8(16)17/h2-5H,1H3,(H,16,17). The van der Waals surface area contributed by atoms with Gasteiger partial charge in [-0.25, -0.2) is 4.79 Å². The first-order valence-corrected chi connectivity index (χ1v) is 5.43. The summed E-state index contributed by atoms with van der Waals surface area (Å²) in [5, 5.41) is 8.78. The predicted molar refractivity (Wildman–Crippen MR) is 64.9 cm³/mol. The van der Waals surface area contributed by atoms with E-state index in [1.165, 1.54) is 19.2 Å². The molecule has 1 aromatic heterocycles. The van der Waals surface area contributed by atoms with Crippen LogP contribution in [0.1, 0.15) is 10.4 Å². The molecule has 1 heterocycles. The van der Waals surface area contributed by atoms with Crippen LogP contribution in [0, 0.1) is 0 Å². The summed E-state index contributed by atoms with van der Waals surface area (Å²) in [5.41, 5.74) is 0.0876. The number of rotatable bonds is 4. The van der Waals surface area contributed by atoms with E-state index in [0.29, 0.717) is 0 Å². The lowest BCUT2D eigenvalue weighted by Gasteiger charge is -2.05. The van der Waals surface area contributed by atoms with Crippen molar-refractivity contribution < 1.29 is 19.4 Å². The number of carbonyl (C=O) groups is 1. The lowest BCUT2D eigenvalue weighted by Crippen LogP contribution is -2.00. The van der Waals surface area contributed by atoms with Crippen LogP contribution in [-0.2, 0) is 0 Å². The topological polar surface area (TPSA) is 94.4 Å². The van der Waals surface area contributed by atoms with E-state index in [9.17, 15) is 4.79 Å². The molecule has 0 amide bonds. The summed E-state index contributed by atoms with van der Waals surface area (Å²) in [6, 6.07) is 5.81. The third-order valence-corrected chi connectivity index (χ3v) is 2.21. The number of hydrogen-bond acceptors (Lipinski definition) is 6. The Morgan fingerprint density at radius 2 is 2.00 bits per heavy atom. The number of aromatic nitrogens is 3. The fraction of sp³-hybridized carbons (Fsp3) is 0.0909. The Morgan fingerprint density at radius 1 is 1.26 bits per heavy atom. The lowest BCUT2D eigenvalue weighted by molar-refractivity contribution is 0.0696. The van der Waals surface area contributed by atoms with Gasteiger partial charge in [-0.3, -0.25) is 0 Å². The van der Waals surface area contributed by atoms with Gasteiger partial charge in [0.1, 0.15) is 5.75 Å². The molecule has 1 aromatic carbocycles. The SMILES string of the molecule is COc1nc(Cl)nc(Oc2cccc(C(=O)O)c2)n1. The molecule has 2 rings (SSSR count). The molecule has 0 radical (unpaired) electrons. The van der Waals surface area contributed by atoms with E-state index >= 15 is 0 Å². The van der Waals surface area contributed by atoms with Crippen molar-refractivity contribution in [2.45, 2.75) is 0 Å². The van der Waals surface area contributed by atoms with Gasteiger partial charge >= 0.3 is 18.0 Å². The van der Waals surface area contributed by atoms with E-state index in [-0.39, 0.29) is 28.6 Å². The van der Waals surface area contributed by atoms with Gasteiger partial charge in [0.15, 0.2) is 0 Å². The number of methoxy groups -OCH3 is 1. The Morgan fingerprint density at radius 3 is 2.68 bits per heavy atom. The average molecular weight is 282 g/mol. The molecule has 0 saturated heterocycles. The van der Waals surface area contributed by atoms with Gasteiger partial charge in [-0.2, -0.15) is 9.97 Å². The highest BCUT2D eigenvalue weighted by molar-refractivity contribution is 6.28. The van der Waals surface area contributed by atoms with Crippen LogP contribution in [0.3, 0.4) is 0 Å². The molecule has 0 spiro atoms. The van der Waals surface area contributed by atoms with Gasteiger partial charge in [-0.05, 0) is 29.8 Å². The van der Waals surface area contributed by atoms with Crippen molar-refractivity contribution in [3.63, 3.8) is 0 Å². The van der Waals surface area contributed by atoms with Gasteiger partial charge in [0, 0.05) is 0 Å². The number of carboxylic acids is 1. The molecule has 0 atom stereocenters. The van der Waals surface area contributed by atoms with Gasteiger partial charge in [0.25, 0.3) is 0 Å². The molecule has 8 heteroatoms. The van der Waals surface area contributed by atoms with Gasteiger partial charge in [-0.15, -0.1) is 4.98 Å². The molecule has 7 nitrogen and oxygen atoms in total. The zero-order valence-corrected chi connectivity index (χ0v) is 10.5. The summed E-state index contributed by atoms with van der Waals surface area (Å²) in [6.45, 7) is 0. The molecular formula is C11H8ClN3O4. The van der Waals surface area contributed by atoms with Crippen LogP contribution < -0.4 is 9.47 Å². The van der Waals surface area contributed by atoms with Crippen molar-refractivity contribution >= 4 is 17.6 Å². The summed E-state index contributed by atoms with van der Waals surface area (Å²) < 4.78 is 10.1. The summed E-state index contributed by atoms with van der Waals surface area (Å²) in [5.74, 6) is -0.791. The molecule has 0 aliphatic rings. The first kappa shape index (κ1) is 13.0. The second kappa shape index (κ2) is 5.49. The Kier molecular flexibility index (Phi) is 3.76. The largest absolute Gasteiger partial charge is 0.478 e. The van der Waals surface area contributed by atoms with Crippen LogP contribution in [0.5, 0.6) is 17.8 Å². The zero-order chi connectivity index (χ0) is 13.8. The van der Waals surface area contributed by atoms with Crippen molar-refractivity contribution in [2.75, 3.05) is 7.11 Å². The molecule has 19 heavy (non-hydrogen) atoms. The number of ether oxygens (including phenoxy) is 2. The monoisotopic (exact) mass is 281 g/mol. The molecule has 98 valence electrons. The second-order valence-corrected chi connectivity index (χ2v) is 3.65. The quantitative estimate of drug-likeness (QED) is 0.916. The molecule has 2 aromatic rings. The second-order valence-electron chi connectivity index (χ2n) is 3.31. The van der Waals surface area contributed by atoms with Crippen molar-refractivity contribution in [1.29, 1.82) is 0 Å². The van der Waals surface area contributed by atoms with E-state index in [1.54, 1.807) is 12.1 Å². The summed E-state index contributed by atoms with van der Waals surface area (Å²) in [6.07, 6.45) is 0. The number of carboxylic acid groups (broad SMARTS) is 1. The van der Waals surface area contributed by atoms with Crippen molar-refractivity contribution in [3.8, 4) is 17.8 Å². The number of nitrogens with zero attached hydrogens (tertiary/aromatic N) is 3. The highest BCUT2D eigenvalue weighted by atomic mass is 35.5. The fourth-order valence-electron chi connectivity index (χ4n) is 1.25. The molecule has 0 saturated carbocycles. The van der Waals surface area contributed by atoms with Crippen molar-refractivity contribution in [3.05, 3.63) is 35.1 Å². The normalized spacial score (nSPS) is 10.0. The molecule has 0 unspecified atom stereocenters. The minimum absolute atomic E-state index is 0.00406. The van der Waals surface area contributed by atoms with E-state index in [4.69, 9.17) is 26.2 Å². The maximum absolute atomic E-state index is 10.8. The lowest BCUT2D eigenvalue weighted by atomic mass is 10.2. The maximum atomic E-state index is 10.8. The third kappa shape index (κ3) is 3.29. The number of benzene rings is 1. The van der Waals surface area contributed by atoms with E-state index in [2.05, 4.69) is 15.0 Å². The maximum Gasteiger partial charge on any atom is 0.335 e. The first-order chi connectivity index (χ1) is 9.08. The van der Waals surface area contributed by atoms with Gasteiger partial charge < -0.3 is 14.6 Å². The Balaban J connectivity index is 2.28. The van der Waals surface area contributed by atoms with E-state index < -0.39 is 5.97 Å². The van der Waals surface area contributed by atoms with E-state index in [1.807, 2.05) is 0 Å². The van der Waals surface area contributed by atoms with E-state index in [0.717, 1.165) is 0 Å². The number of hydrogen-bond donors (Lipinski definition) is 1. The van der Waals surface area contributed by atoms with Crippen LogP contribution in [0.4, 0.5) is 0 Å². The van der Waals surface area contributed by atoms with Crippen molar-refractivity contribution in [1.82, 2.24) is 15.0 Å². The minimum Gasteiger partial charge on any atom is -0.478 e. The zero-order valence-electron chi connectivity index (χ0n) is 9.70. The van der Waals surface area contributed by atoms with Crippen molar-refractivity contribution in [2.24, 2.45) is 0 Å². The van der Waals surface area contributed by atoms with Gasteiger partial charge in [0.05, 0.1) is 12.7 Å². The molecule has 0 aliphatic heterocycles. The number of aromatic carboxylic acids is 1. The molecule has 0 fully saturated rings. The third-order valence-electron chi connectivity index (χ3n) is 2.04. The van der Waals surface area contributed by atoms with Crippen LogP contribution >= 0.6 is 11.6 Å². The molecular weight excluding hydrogens is 274 g/mol. The van der Waals surface area contributed by atoms with Gasteiger partial charge in [0.2, 0.25) is 5.28 Å². The Labute approximate surface area is 112 Å². The first-order valence-electron chi connectivity index (χ1n) is 5.05. The van der Waals surface area contributed by atoms with Crippen LogP contribution in [0.15, 0.2) is 24.3 Å². The summed E-state index contributed by atoms with van der Waals surface area (Å²) >= 11 is 5.66. The van der Waals surface area contributed by atoms with Crippen LogP contribution in [-0.4, -0.2) is 33.1 Å². The predicted octanol–water partition coefficient (Wildman–Crippen LogP) is 2.02. The minimum atomic E-state index is -1.06. The molecule has 1 N–H and O–H groups in total. The van der Waals surface area contributed by atoms with Crippen LogP contribution in [0.25, 0.3) is 0 Å². The Bertz CT molecular complexity index is 621. The highest BCUT2D eigenvalue weighted by Crippen LogP contribution is 2.21. The number of halogens is 1. The van der Waals surface area contributed by atoms with Gasteiger partial charge in [-0.1, -0.05) is 6.07 Å². The van der Waals surface area contributed by atoms with Crippen LogP contribution in [0.2, 0.25) is 5.28 Å². The smallest absolute Gasteiger partial charge is 0.335 e. The summed E-state index contributed by atoms with van der Waals surface area (Å²) in [4.78, 5) is 22.1. The highest BCUT2D eigenvalue weighted by Gasteiger charge is 2.09. The fourth-order valence-corrected chi connectivity index (χ4v) is 1.39. The average Bonchev–Trinajstić information content (AvgIpc) is 2.38. The Hall–Kier alpha value is -2.41. The summed E-state index contributed by atoms with van der Waals surface area (Å²) in [7, 11) is 1.38. The molecule has 0 aliphatic carbocycles. The molecule has 0 bridgehead atoms.